The van der Waals surface area contributed by atoms with Gasteiger partial charge in [0.25, 0.3) is 0 Å². The minimum absolute atomic E-state index is 0.176. The monoisotopic (exact) mass is 506 g/mol. The molecule has 0 spiro atoms. The van der Waals surface area contributed by atoms with Crippen molar-refractivity contribution in [2.45, 2.75) is 51.7 Å². The van der Waals surface area contributed by atoms with E-state index >= 15 is 0 Å². The average Bonchev–Trinajstić information content (AvgIpc) is 3.09. The first kappa shape index (κ1) is 25.3. The van der Waals surface area contributed by atoms with Gasteiger partial charge >= 0.3 is 0 Å². The minimum atomic E-state index is -0.176. The molecule has 0 atom stereocenters. The Balaban J connectivity index is 1.08. The molecule has 0 unspecified atom stereocenters. The Morgan fingerprint density at radius 2 is 1.67 bits per heavy atom. The van der Waals surface area contributed by atoms with Gasteiger partial charge in [-0.15, -0.1) is 0 Å². The summed E-state index contributed by atoms with van der Waals surface area (Å²) in [4.78, 5) is 4.97. The zero-order valence-electron chi connectivity index (χ0n) is 21.0. The van der Waals surface area contributed by atoms with Crippen molar-refractivity contribution in [3.63, 3.8) is 0 Å². The molecule has 0 bridgehead atoms. The fourth-order valence-electron chi connectivity index (χ4n) is 5.52. The van der Waals surface area contributed by atoms with E-state index in [9.17, 15) is 4.39 Å². The maximum atomic E-state index is 13.3. The standard InChI is InChI=1S/C31H36ClFN2O/c32-31-6-2-1-4-27(31)22-34-17-13-24(14-18-34)15-19-36-30-12-9-26-5-3-16-35(23-28(26)20-30)21-25-7-10-29(33)11-8-25/h1-2,4,6-12,20,24H,3,5,13-19,21-23H2. The van der Waals surface area contributed by atoms with Crippen LogP contribution in [-0.4, -0.2) is 36.0 Å². The molecular weight excluding hydrogens is 471 g/mol. The highest BCUT2D eigenvalue weighted by atomic mass is 35.5. The Morgan fingerprint density at radius 1 is 0.861 bits per heavy atom. The van der Waals surface area contributed by atoms with Crippen LogP contribution in [0.2, 0.25) is 5.02 Å². The van der Waals surface area contributed by atoms with Gasteiger partial charge in [-0.3, -0.25) is 9.80 Å². The summed E-state index contributed by atoms with van der Waals surface area (Å²) in [6.45, 7) is 6.77. The first-order chi connectivity index (χ1) is 17.6. The number of fused-ring (bicyclic) bond motifs is 1. The van der Waals surface area contributed by atoms with Crippen LogP contribution in [0.3, 0.4) is 0 Å². The van der Waals surface area contributed by atoms with Crippen molar-refractivity contribution in [3.8, 4) is 5.75 Å². The molecule has 2 heterocycles. The second kappa shape index (κ2) is 12.2. The number of nitrogens with zero attached hydrogens (tertiary/aromatic N) is 2. The van der Waals surface area contributed by atoms with Gasteiger partial charge in [-0.05, 0) is 110 Å². The summed E-state index contributed by atoms with van der Waals surface area (Å²) in [7, 11) is 0. The van der Waals surface area contributed by atoms with Gasteiger partial charge in [0.1, 0.15) is 11.6 Å². The number of hydrogen-bond acceptors (Lipinski definition) is 3. The van der Waals surface area contributed by atoms with E-state index < -0.39 is 0 Å². The van der Waals surface area contributed by atoms with Gasteiger partial charge in [0.2, 0.25) is 0 Å². The molecule has 0 amide bonds. The molecule has 5 heteroatoms. The van der Waals surface area contributed by atoms with E-state index in [2.05, 4.69) is 40.1 Å². The Hall–Kier alpha value is -2.40. The Bertz CT molecular complexity index is 1130. The normalized spacial score (nSPS) is 17.5. The van der Waals surface area contributed by atoms with Gasteiger partial charge in [0.05, 0.1) is 6.61 Å². The van der Waals surface area contributed by atoms with Gasteiger partial charge in [0, 0.05) is 24.7 Å². The quantitative estimate of drug-likeness (QED) is 0.324. The number of halogens is 2. The number of piperidine rings is 1. The summed E-state index contributed by atoms with van der Waals surface area (Å²) < 4.78 is 19.5. The Morgan fingerprint density at radius 3 is 2.47 bits per heavy atom. The van der Waals surface area contributed by atoms with E-state index in [0.29, 0.717) is 0 Å². The molecule has 0 saturated carbocycles. The van der Waals surface area contributed by atoms with Gasteiger partial charge in [-0.1, -0.05) is 48.0 Å². The highest BCUT2D eigenvalue weighted by molar-refractivity contribution is 6.31. The van der Waals surface area contributed by atoms with Crippen LogP contribution in [0.25, 0.3) is 0 Å². The smallest absolute Gasteiger partial charge is 0.123 e. The van der Waals surface area contributed by atoms with E-state index in [1.54, 1.807) is 12.1 Å². The summed E-state index contributed by atoms with van der Waals surface area (Å²) >= 11 is 6.34. The molecule has 2 aliphatic rings. The summed E-state index contributed by atoms with van der Waals surface area (Å²) in [6.07, 6.45) is 5.78. The summed E-state index contributed by atoms with van der Waals surface area (Å²) in [5.74, 6) is 1.53. The van der Waals surface area contributed by atoms with Gasteiger partial charge in [0.15, 0.2) is 0 Å². The fraction of sp³-hybridized carbons (Fsp3) is 0.419. The molecule has 3 nitrogen and oxygen atoms in total. The largest absolute Gasteiger partial charge is 0.494 e. The third kappa shape index (κ3) is 6.88. The number of benzene rings is 3. The van der Waals surface area contributed by atoms with Crippen LogP contribution in [0.15, 0.2) is 66.7 Å². The van der Waals surface area contributed by atoms with Gasteiger partial charge in [-0.25, -0.2) is 4.39 Å². The van der Waals surface area contributed by atoms with E-state index in [-0.39, 0.29) is 5.82 Å². The van der Waals surface area contributed by atoms with Crippen LogP contribution < -0.4 is 4.74 Å². The number of ether oxygens (including phenoxy) is 1. The van der Waals surface area contributed by atoms with Gasteiger partial charge < -0.3 is 4.74 Å². The third-order valence-corrected chi connectivity index (χ3v) is 8.03. The van der Waals surface area contributed by atoms with Crippen molar-refractivity contribution in [1.82, 2.24) is 9.80 Å². The van der Waals surface area contributed by atoms with Crippen LogP contribution in [0.5, 0.6) is 5.75 Å². The molecule has 3 aromatic carbocycles. The SMILES string of the molecule is Fc1ccc(CN2CCCc3ccc(OCCC4CCN(Cc5ccccc5Cl)CC4)cc3C2)cc1. The van der Waals surface area contributed by atoms with Crippen molar-refractivity contribution in [3.05, 3.63) is 99.8 Å². The van der Waals surface area contributed by atoms with E-state index in [1.165, 1.54) is 29.5 Å². The Labute approximate surface area is 219 Å². The summed E-state index contributed by atoms with van der Waals surface area (Å²) in [5, 5.41) is 0.868. The Kier molecular flexibility index (Phi) is 8.58. The zero-order chi connectivity index (χ0) is 24.7. The molecule has 36 heavy (non-hydrogen) atoms. The van der Waals surface area contributed by atoms with Crippen LogP contribution in [-0.2, 0) is 26.1 Å². The molecule has 0 N–H and O–H groups in total. The fourth-order valence-corrected chi connectivity index (χ4v) is 5.72. The molecule has 0 aliphatic carbocycles. The van der Waals surface area contributed by atoms with Gasteiger partial charge in [-0.2, -0.15) is 0 Å². The lowest BCUT2D eigenvalue weighted by Gasteiger charge is -2.32. The van der Waals surface area contributed by atoms with Crippen molar-refractivity contribution >= 4 is 11.6 Å². The predicted octanol–water partition coefficient (Wildman–Crippen LogP) is 7.11. The van der Waals surface area contributed by atoms with Crippen molar-refractivity contribution in [2.75, 3.05) is 26.2 Å². The highest BCUT2D eigenvalue weighted by Gasteiger charge is 2.20. The molecule has 0 radical (unpaired) electrons. The lowest BCUT2D eigenvalue weighted by atomic mass is 9.93. The lowest BCUT2D eigenvalue weighted by molar-refractivity contribution is 0.157. The van der Waals surface area contributed by atoms with Crippen molar-refractivity contribution in [2.24, 2.45) is 5.92 Å². The maximum Gasteiger partial charge on any atom is 0.123 e. The van der Waals surface area contributed by atoms with Crippen molar-refractivity contribution in [1.29, 1.82) is 0 Å². The molecule has 3 aromatic rings. The maximum absolute atomic E-state index is 13.3. The number of likely N-dealkylation sites (tertiary alicyclic amines) is 1. The van der Waals surface area contributed by atoms with E-state index in [1.807, 2.05) is 24.3 Å². The number of aryl methyl sites for hydroxylation is 1. The van der Waals surface area contributed by atoms with E-state index in [4.69, 9.17) is 16.3 Å². The second-order valence-corrected chi connectivity index (χ2v) is 10.7. The topological polar surface area (TPSA) is 15.7 Å². The average molecular weight is 507 g/mol. The minimum Gasteiger partial charge on any atom is -0.494 e. The van der Waals surface area contributed by atoms with Crippen LogP contribution >= 0.6 is 11.6 Å². The van der Waals surface area contributed by atoms with Crippen molar-refractivity contribution < 1.29 is 9.13 Å². The van der Waals surface area contributed by atoms with Crippen LogP contribution in [0.4, 0.5) is 4.39 Å². The van der Waals surface area contributed by atoms with Crippen LogP contribution in [0, 0.1) is 11.7 Å². The zero-order valence-corrected chi connectivity index (χ0v) is 21.7. The number of hydrogen-bond donors (Lipinski definition) is 0. The molecule has 5 rings (SSSR count). The molecular formula is C31H36ClFN2O. The first-order valence-electron chi connectivity index (χ1n) is 13.3. The third-order valence-electron chi connectivity index (χ3n) is 7.67. The molecule has 2 aliphatic heterocycles. The van der Waals surface area contributed by atoms with E-state index in [0.717, 1.165) is 87.4 Å². The van der Waals surface area contributed by atoms with Crippen LogP contribution in [0.1, 0.15) is 47.9 Å². The summed E-state index contributed by atoms with van der Waals surface area (Å²) in [6, 6.07) is 21.7. The molecule has 1 saturated heterocycles. The highest BCUT2D eigenvalue weighted by Crippen LogP contribution is 2.27. The number of rotatable bonds is 8. The summed E-state index contributed by atoms with van der Waals surface area (Å²) in [5.41, 5.74) is 5.17. The molecule has 0 aromatic heterocycles. The molecule has 190 valence electrons. The second-order valence-electron chi connectivity index (χ2n) is 10.3. The predicted molar refractivity (Wildman–Crippen MR) is 145 cm³/mol. The first-order valence-corrected chi connectivity index (χ1v) is 13.7. The molecule has 1 fully saturated rings. The lowest BCUT2D eigenvalue weighted by Crippen LogP contribution is -2.33.